The summed E-state index contributed by atoms with van der Waals surface area (Å²) in [4.78, 5) is 25.4. The summed E-state index contributed by atoms with van der Waals surface area (Å²) in [6.45, 7) is 4.40. The maximum atomic E-state index is 13.0. The number of ether oxygens (including phenoxy) is 4. The minimum atomic E-state index is -0.998. The van der Waals surface area contributed by atoms with Gasteiger partial charge in [-0.2, -0.15) is 0 Å². The smallest absolute Gasteiger partial charge is 0.333 e. The van der Waals surface area contributed by atoms with Crippen LogP contribution in [-0.2, 0) is 32.0 Å². The minimum absolute atomic E-state index is 0.256. The standard InChI is InChI=1S/C26H35FN2O7/c1-3-35-24(25(30)31)18-20-6-10-23(11-7-20)36-17-14-29(26(32)28-12-15-33-2)13-16-34-19-21-4-8-22(27)9-5-21/h4-11,24H,3,12-19H2,1-2H3,(H,28,32)(H,30,31). The molecule has 1 unspecified atom stereocenters. The highest BCUT2D eigenvalue weighted by Crippen LogP contribution is 2.15. The molecule has 0 radical (unpaired) electrons. The summed E-state index contributed by atoms with van der Waals surface area (Å²) in [5.74, 6) is -0.695. The van der Waals surface area contributed by atoms with E-state index < -0.39 is 12.1 Å². The van der Waals surface area contributed by atoms with Crippen molar-refractivity contribution in [1.82, 2.24) is 10.2 Å². The highest BCUT2D eigenvalue weighted by Gasteiger charge is 2.18. The number of nitrogens with zero attached hydrogens (tertiary/aromatic N) is 1. The number of carboxylic acids is 1. The van der Waals surface area contributed by atoms with Crippen molar-refractivity contribution in [2.45, 2.75) is 26.1 Å². The quantitative estimate of drug-likeness (QED) is 0.318. The number of hydrogen-bond acceptors (Lipinski definition) is 6. The summed E-state index contributed by atoms with van der Waals surface area (Å²) in [5.41, 5.74) is 1.66. The van der Waals surface area contributed by atoms with Crippen LogP contribution in [0.2, 0.25) is 0 Å². The first-order chi connectivity index (χ1) is 17.4. The maximum absolute atomic E-state index is 13.0. The van der Waals surface area contributed by atoms with Crippen LogP contribution in [0.5, 0.6) is 5.75 Å². The van der Waals surface area contributed by atoms with Crippen LogP contribution in [0.3, 0.4) is 0 Å². The van der Waals surface area contributed by atoms with Gasteiger partial charge in [-0.25, -0.2) is 14.0 Å². The van der Waals surface area contributed by atoms with Crippen LogP contribution >= 0.6 is 0 Å². The van der Waals surface area contributed by atoms with Crippen molar-refractivity contribution in [3.8, 4) is 5.75 Å². The van der Waals surface area contributed by atoms with Crippen LogP contribution in [0.1, 0.15) is 18.1 Å². The van der Waals surface area contributed by atoms with E-state index in [9.17, 15) is 19.1 Å². The summed E-state index contributed by atoms with van der Waals surface area (Å²) in [6, 6.07) is 12.9. The lowest BCUT2D eigenvalue weighted by Gasteiger charge is -2.23. The van der Waals surface area contributed by atoms with Crippen LogP contribution in [0, 0.1) is 5.82 Å². The molecule has 2 aromatic rings. The predicted molar refractivity (Wildman–Crippen MR) is 132 cm³/mol. The molecular formula is C26H35FN2O7. The molecule has 0 aromatic heterocycles. The van der Waals surface area contributed by atoms with E-state index in [-0.39, 0.29) is 24.9 Å². The topological polar surface area (TPSA) is 107 Å². The molecule has 0 heterocycles. The number of nitrogens with one attached hydrogen (secondary N) is 1. The molecule has 2 amide bonds. The molecule has 0 saturated heterocycles. The Balaban J connectivity index is 1.83. The fourth-order valence-electron chi connectivity index (χ4n) is 3.26. The Hall–Kier alpha value is -3.21. The molecule has 0 bridgehead atoms. The van der Waals surface area contributed by atoms with E-state index in [4.69, 9.17) is 18.9 Å². The zero-order chi connectivity index (χ0) is 26.2. The Kier molecular flexibility index (Phi) is 13.3. The average molecular weight is 507 g/mol. The van der Waals surface area contributed by atoms with Gasteiger partial charge in [-0.05, 0) is 42.3 Å². The first kappa shape index (κ1) is 29.0. The number of aliphatic carboxylic acids is 1. The highest BCUT2D eigenvalue weighted by atomic mass is 19.1. The molecule has 2 rings (SSSR count). The largest absolute Gasteiger partial charge is 0.492 e. The third-order valence-electron chi connectivity index (χ3n) is 5.17. The minimum Gasteiger partial charge on any atom is -0.492 e. The molecule has 0 spiro atoms. The SMILES string of the molecule is CCOC(Cc1ccc(OCCN(CCOCc2ccc(F)cc2)C(=O)NCCOC)cc1)C(=O)O. The Bertz CT molecular complexity index is 910. The zero-order valence-electron chi connectivity index (χ0n) is 20.8. The maximum Gasteiger partial charge on any atom is 0.333 e. The third-order valence-corrected chi connectivity index (χ3v) is 5.17. The molecule has 0 fully saturated rings. The molecule has 10 heteroatoms. The summed E-state index contributed by atoms with van der Waals surface area (Å²) >= 11 is 0. The van der Waals surface area contributed by atoms with Gasteiger partial charge in [-0.15, -0.1) is 0 Å². The van der Waals surface area contributed by atoms with Gasteiger partial charge in [-0.3, -0.25) is 0 Å². The first-order valence-corrected chi connectivity index (χ1v) is 11.8. The molecule has 0 aliphatic rings. The van der Waals surface area contributed by atoms with Crippen molar-refractivity contribution in [3.05, 3.63) is 65.5 Å². The van der Waals surface area contributed by atoms with Crippen molar-refractivity contribution >= 4 is 12.0 Å². The van der Waals surface area contributed by atoms with E-state index in [1.54, 1.807) is 55.3 Å². The van der Waals surface area contributed by atoms with Crippen molar-refractivity contribution in [2.24, 2.45) is 0 Å². The molecule has 2 aromatic carbocycles. The molecule has 0 saturated carbocycles. The van der Waals surface area contributed by atoms with Crippen molar-refractivity contribution in [3.63, 3.8) is 0 Å². The first-order valence-electron chi connectivity index (χ1n) is 11.8. The zero-order valence-corrected chi connectivity index (χ0v) is 20.8. The van der Waals surface area contributed by atoms with Gasteiger partial charge >= 0.3 is 12.0 Å². The molecule has 36 heavy (non-hydrogen) atoms. The molecule has 9 nitrogen and oxygen atoms in total. The van der Waals surface area contributed by atoms with E-state index in [2.05, 4.69) is 5.32 Å². The van der Waals surface area contributed by atoms with Gasteiger partial charge in [0.1, 0.15) is 18.2 Å². The average Bonchev–Trinajstić information content (AvgIpc) is 2.87. The molecular weight excluding hydrogens is 471 g/mol. The predicted octanol–water partition coefficient (Wildman–Crippen LogP) is 3.11. The Morgan fingerprint density at radius 2 is 1.67 bits per heavy atom. The summed E-state index contributed by atoms with van der Waals surface area (Å²) in [5, 5.41) is 12.0. The van der Waals surface area contributed by atoms with Crippen LogP contribution in [0.25, 0.3) is 0 Å². The van der Waals surface area contributed by atoms with E-state index in [1.807, 2.05) is 0 Å². The lowest BCUT2D eigenvalue weighted by Crippen LogP contribution is -2.44. The van der Waals surface area contributed by atoms with Gasteiger partial charge in [0.15, 0.2) is 6.10 Å². The van der Waals surface area contributed by atoms with Crippen LogP contribution in [-0.4, -0.2) is 81.3 Å². The Morgan fingerprint density at radius 3 is 2.31 bits per heavy atom. The molecule has 198 valence electrons. The fraction of sp³-hybridized carbons (Fsp3) is 0.462. The van der Waals surface area contributed by atoms with Crippen molar-refractivity contribution in [2.75, 3.05) is 53.2 Å². The fourth-order valence-corrected chi connectivity index (χ4v) is 3.26. The highest BCUT2D eigenvalue weighted by molar-refractivity contribution is 5.74. The van der Waals surface area contributed by atoms with Crippen LogP contribution < -0.4 is 10.1 Å². The van der Waals surface area contributed by atoms with Crippen molar-refractivity contribution in [1.29, 1.82) is 0 Å². The number of amides is 2. The summed E-state index contributed by atoms with van der Waals surface area (Å²) in [6.07, 6.45) is -0.631. The monoisotopic (exact) mass is 506 g/mol. The second-order valence-corrected chi connectivity index (χ2v) is 7.87. The number of carbonyl (C=O) groups excluding carboxylic acids is 1. The molecule has 1 atom stereocenters. The number of benzene rings is 2. The van der Waals surface area contributed by atoms with Crippen molar-refractivity contribution < 1.29 is 38.0 Å². The summed E-state index contributed by atoms with van der Waals surface area (Å²) < 4.78 is 34.7. The number of rotatable bonds is 17. The summed E-state index contributed by atoms with van der Waals surface area (Å²) in [7, 11) is 1.56. The lowest BCUT2D eigenvalue weighted by atomic mass is 10.1. The van der Waals surface area contributed by atoms with Gasteiger partial charge in [0.25, 0.3) is 0 Å². The van der Waals surface area contributed by atoms with Crippen LogP contribution in [0.4, 0.5) is 9.18 Å². The number of carbonyl (C=O) groups is 2. The number of hydrogen-bond donors (Lipinski definition) is 2. The number of halogens is 1. The number of methoxy groups -OCH3 is 1. The third kappa shape index (κ3) is 11.0. The van der Waals surface area contributed by atoms with E-state index in [0.29, 0.717) is 51.8 Å². The molecule has 0 aliphatic carbocycles. The van der Waals surface area contributed by atoms with E-state index in [1.165, 1.54) is 12.1 Å². The lowest BCUT2D eigenvalue weighted by molar-refractivity contribution is -0.149. The van der Waals surface area contributed by atoms with E-state index >= 15 is 0 Å². The van der Waals surface area contributed by atoms with Gasteiger partial charge in [0.2, 0.25) is 0 Å². The second-order valence-electron chi connectivity index (χ2n) is 7.87. The molecule has 0 aliphatic heterocycles. The van der Waals surface area contributed by atoms with E-state index in [0.717, 1.165) is 11.1 Å². The second kappa shape index (κ2) is 16.5. The normalized spacial score (nSPS) is 11.6. The van der Waals surface area contributed by atoms with Gasteiger partial charge in [-0.1, -0.05) is 24.3 Å². The Labute approximate surface area is 211 Å². The van der Waals surface area contributed by atoms with Gasteiger partial charge < -0.3 is 34.3 Å². The Morgan fingerprint density at radius 1 is 1.00 bits per heavy atom. The number of carboxylic acid groups (broad SMARTS) is 1. The molecule has 2 N–H and O–H groups in total. The number of urea groups is 1. The van der Waals surface area contributed by atoms with Gasteiger partial charge in [0, 0.05) is 33.2 Å². The van der Waals surface area contributed by atoms with Gasteiger partial charge in [0.05, 0.1) is 26.4 Å². The van der Waals surface area contributed by atoms with Crippen LogP contribution in [0.15, 0.2) is 48.5 Å².